The number of amides is 1. The molecule has 2 rings (SSSR count). The molecule has 2 saturated heterocycles. The van der Waals surface area contributed by atoms with E-state index in [2.05, 4.69) is 0 Å². The van der Waals surface area contributed by atoms with Gasteiger partial charge in [-0.2, -0.15) is 0 Å². The summed E-state index contributed by atoms with van der Waals surface area (Å²) in [6, 6.07) is 0. The first kappa shape index (κ1) is 14.3. The van der Waals surface area contributed by atoms with Crippen LogP contribution in [0.3, 0.4) is 0 Å². The largest absolute Gasteiger partial charge is 0.479 e. The van der Waals surface area contributed by atoms with Crippen molar-refractivity contribution in [1.29, 1.82) is 0 Å². The molecular weight excluding hydrogens is 250 g/mol. The van der Waals surface area contributed by atoms with Crippen LogP contribution in [0.4, 0.5) is 0 Å². The Labute approximate surface area is 112 Å². The van der Waals surface area contributed by atoms with Gasteiger partial charge >= 0.3 is 5.97 Å². The fraction of sp³-hybridized carbons (Fsp3) is 0.846. The van der Waals surface area contributed by atoms with Crippen molar-refractivity contribution in [2.75, 3.05) is 26.8 Å². The SMILES string of the molecule is COC1(C(=O)O)CCN(C(=O)C2COC(C)C2)CC1. The van der Waals surface area contributed by atoms with Crippen molar-refractivity contribution in [1.82, 2.24) is 4.90 Å². The quantitative estimate of drug-likeness (QED) is 0.809. The Morgan fingerprint density at radius 3 is 2.42 bits per heavy atom. The van der Waals surface area contributed by atoms with Gasteiger partial charge in [-0.3, -0.25) is 4.79 Å². The van der Waals surface area contributed by atoms with Crippen molar-refractivity contribution in [2.24, 2.45) is 5.92 Å². The van der Waals surface area contributed by atoms with Crippen molar-refractivity contribution in [2.45, 2.75) is 37.9 Å². The van der Waals surface area contributed by atoms with E-state index in [-0.39, 0.29) is 17.9 Å². The number of likely N-dealkylation sites (tertiary alicyclic amines) is 1. The van der Waals surface area contributed by atoms with Gasteiger partial charge in [-0.25, -0.2) is 4.79 Å². The molecule has 2 aliphatic heterocycles. The minimum absolute atomic E-state index is 0.0742. The molecule has 0 aromatic rings. The molecule has 19 heavy (non-hydrogen) atoms. The molecule has 0 aromatic carbocycles. The highest BCUT2D eigenvalue weighted by Crippen LogP contribution is 2.29. The van der Waals surface area contributed by atoms with Gasteiger partial charge in [0.1, 0.15) is 0 Å². The van der Waals surface area contributed by atoms with E-state index in [9.17, 15) is 14.7 Å². The first-order chi connectivity index (χ1) is 8.98. The normalized spacial score (nSPS) is 30.3. The third-order valence-electron chi connectivity index (χ3n) is 4.21. The molecule has 1 amide bonds. The van der Waals surface area contributed by atoms with Crippen molar-refractivity contribution in [3.8, 4) is 0 Å². The highest BCUT2D eigenvalue weighted by atomic mass is 16.5. The van der Waals surface area contributed by atoms with Crippen molar-refractivity contribution < 1.29 is 24.2 Å². The molecule has 2 atom stereocenters. The lowest BCUT2D eigenvalue weighted by atomic mass is 9.90. The number of aliphatic carboxylic acids is 1. The van der Waals surface area contributed by atoms with E-state index in [1.807, 2.05) is 6.92 Å². The summed E-state index contributed by atoms with van der Waals surface area (Å²) in [7, 11) is 1.41. The predicted molar refractivity (Wildman–Crippen MR) is 66.7 cm³/mol. The van der Waals surface area contributed by atoms with Gasteiger partial charge in [-0.1, -0.05) is 0 Å². The number of piperidine rings is 1. The molecule has 0 bridgehead atoms. The molecule has 6 nitrogen and oxygen atoms in total. The number of methoxy groups -OCH3 is 1. The minimum Gasteiger partial charge on any atom is -0.479 e. The summed E-state index contributed by atoms with van der Waals surface area (Å²) in [6.45, 7) is 3.31. The van der Waals surface area contributed by atoms with Crippen LogP contribution in [0, 0.1) is 5.92 Å². The van der Waals surface area contributed by atoms with Gasteiger partial charge in [0.15, 0.2) is 5.60 Å². The van der Waals surface area contributed by atoms with Gasteiger partial charge in [0.05, 0.1) is 18.6 Å². The number of ether oxygens (including phenoxy) is 2. The van der Waals surface area contributed by atoms with E-state index in [4.69, 9.17) is 9.47 Å². The Balaban J connectivity index is 1.92. The van der Waals surface area contributed by atoms with Crippen molar-refractivity contribution in [3.63, 3.8) is 0 Å². The molecule has 0 spiro atoms. The van der Waals surface area contributed by atoms with Crippen LogP contribution in [-0.2, 0) is 19.1 Å². The molecule has 2 heterocycles. The number of carbonyl (C=O) groups excluding carboxylic acids is 1. The lowest BCUT2D eigenvalue weighted by Crippen LogP contribution is -2.53. The number of nitrogens with zero attached hydrogens (tertiary/aromatic N) is 1. The molecule has 6 heteroatoms. The zero-order valence-corrected chi connectivity index (χ0v) is 11.4. The number of hydrogen-bond donors (Lipinski definition) is 1. The van der Waals surface area contributed by atoms with Crippen LogP contribution >= 0.6 is 0 Å². The number of carbonyl (C=O) groups is 2. The van der Waals surface area contributed by atoms with Gasteiger partial charge in [-0.05, 0) is 13.3 Å². The third kappa shape index (κ3) is 2.74. The highest BCUT2D eigenvalue weighted by Gasteiger charge is 2.44. The number of carboxylic acids is 1. The standard InChI is InChI=1S/C13H21NO5/c1-9-7-10(8-19-9)11(15)14-5-3-13(18-2,4-6-14)12(16)17/h9-10H,3-8H2,1-2H3,(H,16,17). The smallest absolute Gasteiger partial charge is 0.336 e. The maximum atomic E-state index is 12.3. The van der Waals surface area contributed by atoms with Crippen LogP contribution in [0.1, 0.15) is 26.2 Å². The number of carboxylic acid groups (broad SMARTS) is 1. The summed E-state index contributed by atoms with van der Waals surface area (Å²) in [5, 5.41) is 9.21. The Morgan fingerprint density at radius 1 is 1.37 bits per heavy atom. The Hall–Kier alpha value is -1.14. The molecule has 0 saturated carbocycles. The molecular formula is C13H21NO5. The molecule has 108 valence electrons. The zero-order valence-electron chi connectivity index (χ0n) is 11.4. The summed E-state index contributed by atoms with van der Waals surface area (Å²) < 4.78 is 10.6. The van der Waals surface area contributed by atoms with Crippen LogP contribution in [0.15, 0.2) is 0 Å². The van der Waals surface area contributed by atoms with Crippen LogP contribution in [0.2, 0.25) is 0 Å². The second-order valence-corrected chi connectivity index (χ2v) is 5.41. The number of hydrogen-bond acceptors (Lipinski definition) is 4. The summed E-state index contributed by atoms with van der Waals surface area (Å²) in [4.78, 5) is 25.2. The predicted octanol–water partition coefficient (Wildman–Crippen LogP) is 0.504. The van der Waals surface area contributed by atoms with Gasteiger partial charge in [0.25, 0.3) is 0 Å². The van der Waals surface area contributed by atoms with E-state index in [0.29, 0.717) is 32.5 Å². The van der Waals surface area contributed by atoms with Gasteiger partial charge in [0.2, 0.25) is 5.91 Å². The van der Waals surface area contributed by atoms with Crippen LogP contribution in [0.5, 0.6) is 0 Å². The minimum atomic E-state index is -1.13. The van der Waals surface area contributed by atoms with E-state index in [1.54, 1.807) is 4.90 Å². The van der Waals surface area contributed by atoms with E-state index < -0.39 is 11.6 Å². The van der Waals surface area contributed by atoms with E-state index in [0.717, 1.165) is 6.42 Å². The Morgan fingerprint density at radius 2 is 2.00 bits per heavy atom. The highest BCUT2D eigenvalue weighted by molar-refractivity contribution is 5.81. The van der Waals surface area contributed by atoms with E-state index in [1.165, 1.54) is 7.11 Å². The van der Waals surface area contributed by atoms with Gasteiger partial charge in [-0.15, -0.1) is 0 Å². The number of rotatable bonds is 3. The average Bonchev–Trinajstić information content (AvgIpc) is 2.84. The van der Waals surface area contributed by atoms with Gasteiger partial charge in [0, 0.05) is 33.0 Å². The summed E-state index contributed by atoms with van der Waals surface area (Å²) in [5.74, 6) is -0.936. The lowest BCUT2D eigenvalue weighted by molar-refractivity contribution is -0.170. The van der Waals surface area contributed by atoms with E-state index >= 15 is 0 Å². The van der Waals surface area contributed by atoms with Crippen molar-refractivity contribution >= 4 is 11.9 Å². The molecule has 0 radical (unpaired) electrons. The summed E-state index contributed by atoms with van der Waals surface area (Å²) >= 11 is 0. The fourth-order valence-corrected chi connectivity index (χ4v) is 2.84. The zero-order chi connectivity index (χ0) is 14.0. The molecule has 1 N–H and O–H groups in total. The molecule has 2 unspecified atom stereocenters. The topological polar surface area (TPSA) is 76.1 Å². The van der Waals surface area contributed by atoms with Crippen LogP contribution in [0.25, 0.3) is 0 Å². The van der Waals surface area contributed by atoms with Crippen LogP contribution in [-0.4, -0.2) is 60.4 Å². The Kier molecular flexibility index (Phi) is 4.10. The first-order valence-electron chi connectivity index (χ1n) is 6.67. The monoisotopic (exact) mass is 271 g/mol. The van der Waals surface area contributed by atoms with Crippen molar-refractivity contribution in [3.05, 3.63) is 0 Å². The molecule has 2 fully saturated rings. The summed E-state index contributed by atoms with van der Waals surface area (Å²) in [6.07, 6.45) is 1.57. The van der Waals surface area contributed by atoms with Crippen LogP contribution < -0.4 is 0 Å². The molecule has 0 aromatic heterocycles. The molecule has 2 aliphatic rings. The lowest BCUT2D eigenvalue weighted by Gasteiger charge is -2.38. The third-order valence-corrected chi connectivity index (χ3v) is 4.21. The maximum absolute atomic E-state index is 12.3. The Bertz CT molecular complexity index is 362. The average molecular weight is 271 g/mol. The molecule has 0 aliphatic carbocycles. The van der Waals surface area contributed by atoms with Gasteiger partial charge < -0.3 is 19.5 Å². The fourth-order valence-electron chi connectivity index (χ4n) is 2.84. The maximum Gasteiger partial charge on any atom is 0.336 e. The second-order valence-electron chi connectivity index (χ2n) is 5.41. The first-order valence-corrected chi connectivity index (χ1v) is 6.67. The second kappa shape index (κ2) is 5.46. The summed E-state index contributed by atoms with van der Waals surface area (Å²) in [5.41, 5.74) is -1.13.